The first-order valence-electron chi connectivity index (χ1n) is 5.83. The van der Waals surface area contributed by atoms with Crippen molar-refractivity contribution in [2.24, 2.45) is 0 Å². The standard InChI is InChI=1S/C13H15BrClN3S/c1-16-13-4-3-10(15)11(17-13)7-18(2)6-9-5-12(14)19-8-9/h3-5,8H,6-7H2,1-2H3,(H,16,17). The number of hydrogen-bond acceptors (Lipinski definition) is 4. The third kappa shape index (κ3) is 4.18. The third-order valence-electron chi connectivity index (χ3n) is 2.67. The first-order valence-corrected chi connectivity index (χ1v) is 7.88. The molecule has 0 aliphatic carbocycles. The molecule has 1 N–H and O–H groups in total. The zero-order valence-corrected chi connectivity index (χ0v) is 13.9. The van der Waals surface area contributed by atoms with Gasteiger partial charge in [0.05, 0.1) is 14.5 Å². The van der Waals surface area contributed by atoms with Gasteiger partial charge in [-0.1, -0.05) is 11.6 Å². The van der Waals surface area contributed by atoms with E-state index in [1.54, 1.807) is 11.3 Å². The summed E-state index contributed by atoms with van der Waals surface area (Å²) in [5.41, 5.74) is 2.19. The second kappa shape index (κ2) is 6.70. The highest BCUT2D eigenvalue weighted by atomic mass is 79.9. The van der Waals surface area contributed by atoms with Gasteiger partial charge in [-0.2, -0.15) is 0 Å². The number of thiophene rings is 1. The largest absolute Gasteiger partial charge is 0.373 e. The van der Waals surface area contributed by atoms with Crippen molar-refractivity contribution in [1.29, 1.82) is 0 Å². The van der Waals surface area contributed by atoms with Crippen LogP contribution in [-0.4, -0.2) is 24.0 Å². The average Bonchev–Trinajstić information content (AvgIpc) is 2.77. The number of anilines is 1. The first kappa shape index (κ1) is 14.8. The van der Waals surface area contributed by atoms with Gasteiger partial charge < -0.3 is 5.32 Å². The van der Waals surface area contributed by atoms with E-state index in [4.69, 9.17) is 11.6 Å². The summed E-state index contributed by atoms with van der Waals surface area (Å²) in [5, 5.41) is 5.89. The maximum atomic E-state index is 6.18. The average molecular weight is 361 g/mol. The summed E-state index contributed by atoms with van der Waals surface area (Å²) in [6.07, 6.45) is 0. The molecule has 0 unspecified atom stereocenters. The Balaban J connectivity index is 2.03. The molecule has 2 heterocycles. The molecular formula is C13H15BrClN3S. The number of nitrogens with zero attached hydrogens (tertiary/aromatic N) is 2. The summed E-state index contributed by atoms with van der Waals surface area (Å²) < 4.78 is 1.16. The maximum absolute atomic E-state index is 6.18. The molecule has 19 heavy (non-hydrogen) atoms. The van der Waals surface area contributed by atoms with Crippen LogP contribution in [0.15, 0.2) is 27.4 Å². The smallest absolute Gasteiger partial charge is 0.126 e. The summed E-state index contributed by atoms with van der Waals surface area (Å²) in [6, 6.07) is 5.90. The van der Waals surface area contributed by atoms with Crippen LogP contribution in [0.2, 0.25) is 5.02 Å². The summed E-state index contributed by atoms with van der Waals surface area (Å²) >= 11 is 11.4. The summed E-state index contributed by atoms with van der Waals surface area (Å²) in [5.74, 6) is 0.839. The number of pyridine rings is 1. The summed E-state index contributed by atoms with van der Waals surface area (Å²) in [4.78, 5) is 6.68. The molecule has 2 rings (SSSR count). The van der Waals surface area contributed by atoms with Gasteiger partial charge in [-0.05, 0) is 52.1 Å². The second-order valence-electron chi connectivity index (χ2n) is 4.31. The van der Waals surface area contributed by atoms with Crippen LogP contribution in [-0.2, 0) is 13.1 Å². The van der Waals surface area contributed by atoms with E-state index in [0.717, 1.165) is 28.4 Å². The fraction of sp³-hybridized carbons (Fsp3) is 0.308. The Hall–Kier alpha value is -0.620. The Labute approximate surface area is 130 Å². The molecule has 0 atom stereocenters. The molecule has 0 radical (unpaired) electrons. The molecule has 102 valence electrons. The van der Waals surface area contributed by atoms with Gasteiger partial charge in [-0.15, -0.1) is 11.3 Å². The Kier molecular flexibility index (Phi) is 5.21. The fourth-order valence-electron chi connectivity index (χ4n) is 1.79. The second-order valence-corrected chi connectivity index (χ2v) is 7.00. The number of hydrogen-bond donors (Lipinski definition) is 1. The van der Waals surface area contributed by atoms with Crippen LogP contribution >= 0.6 is 38.9 Å². The molecule has 0 fully saturated rings. The summed E-state index contributed by atoms with van der Waals surface area (Å²) in [6.45, 7) is 1.60. The molecule has 0 saturated carbocycles. The van der Waals surface area contributed by atoms with Gasteiger partial charge in [0.1, 0.15) is 5.82 Å². The van der Waals surface area contributed by atoms with E-state index in [1.807, 2.05) is 19.2 Å². The predicted octanol–water partition coefficient (Wildman–Crippen LogP) is 4.23. The first-order chi connectivity index (χ1) is 9.08. The fourth-order valence-corrected chi connectivity index (χ4v) is 3.15. The van der Waals surface area contributed by atoms with E-state index in [1.165, 1.54) is 5.56 Å². The SMILES string of the molecule is CNc1ccc(Cl)c(CN(C)Cc2csc(Br)c2)n1. The molecular weight excluding hydrogens is 346 g/mol. The van der Waals surface area contributed by atoms with E-state index >= 15 is 0 Å². The predicted molar refractivity (Wildman–Crippen MR) is 86.0 cm³/mol. The van der Waals surface area contributed by atoms with E-state index in [0.29, 0.717) is 5.02 Å². The quantitative estimate of drug-likeness (QED) is 0.864. The lowest BCUT2D eigenvalue weighted by atomic mass is 10.3. The Morgan fingerprint density at radius 2 is 2.21 bits per heavy atom. The van der Waals surface area contributed by atoms with E-state index < -0.39 is 0 Å². The molecule has 2 aromatic heterocycles. The number of aromatic nitrogens is 1. The van der Waals surface area contributed by atoms with Crippen LogP contribution in [0.1, 0.15) is 11.3 Å². The van der Waals surface area contributed by atoms with Crippen molar-refractivity contribution in [2.45, 2.75) is 13.1 Å². The lowest BCUT2D eigenvalue weighted by Gasteiger charge is -2.16. The van der Waals surface area contributed by atoms with Gasteiger partial charge in [0.25, 0.3) is 0 Å². The normalized spacial score (nSPS) is 11.0. The van der Waals surface area contributed by atoms with Crippen LogP contribution in [0, 0.1) is 0 Å². The lowest BCUT2D eigenvalue weighted by Crippen LogP contribution is -2.18. The molecule has 0 saturated heterocycles. The Bertz CT molecular complexity index is 559. The Morgan fingerprint density at radius 3 is 2.84 bits per heavy atom. The highest BCUT2D eigenvalue weighted by molar-refractivity contribution is 9.11. The van der Waals surface area contributed by atoms with Crippen molar-refractivity contribution in [3.63, 3.8) is 0 Å². The molecule has 3 nitrogen and oxygen atoms in total. The number of rotatable bonds is 5. The Morgan fingerprint density at radius 1 is 1.42 bits per heavy atom. The molecule has 0 amide bonds. The molecule has 0 aromatic carbocycles. The molecule has 0 aliphatic rings. The van der Waals surface area contributed by atoms with Gasteiger partial charge >= 0.3 is 0 Å². The molecule has 0 bridgehead atoms. The van der Waals surface area contributed by atoms with Crippen molar-refractivity contribution in [2.75, 3.05) is 19.4 Å². The number of halogens is 2. The zero-order valence-electron chi connectivity index (χ0n) is 10.8. The van der Waals surface area contributed by atoms with Crippen LogP contribution in [0.3, 0.4) is 0 Å². The van der Waals surface area contributed by atoms with Crippen molar-refractivity contribution >= 4 is 44.7 Å². The monoisotopic (exact) mass is 359 g/mol. The van der Waals surface area contributed by atoms with Gasteiger partial charge in [0.2, 0.25) is 0 Å². The van der Waals surface area contributed by atoms with Crippen LogP contribution in [0.5, 0.6) is 0 Å². The maximum Gasteiger partial charge on any atom is 0.126 e. The summed E-state index contributed by atoms with van der Waals surface area (Å²) in [7, 11) is 3.92. The van der Waals surface area contributed by atoms with Crippen molar-refractivity contribution in [3.8, 4) is 0 Å². The molecule has 2 aromatic rings. The minimum Gasteiger partial charge on any atom is -0.373 e. The van der Waals surface area contributed by atoms with E-state index in [-0.39, 0.29) is 0 Å². The van der Waals surface area contributed by atoms with E-state index in [9.17, 15) is 0 Å². The third-order valence-corrected chi connectivity index (χ3v) is 4.57. The van der Waals surface area contributed by atoms with Crippen molar-refractivity contribution in [3.05, 3.63) is 43.6 Å². The molecule has 6 heteroatoms. The molecule has 0 spiro atoms. The van der Waals surface area contributed by atoms with Crippen LogP contribution in [0.25, 0.3) is 0 Å². The zero-order chi connectivity index (χ0) is 13.8. The minimum absolute atomic E-state index is 0.706. The van der Waals surface area contributed by atoms with E-state index in [2.05, 4.69) is 49.6 Å². The van der Waals surface area contributed by atoms with Crippen molar-refractivity contribution in [1.82, 2.24) is 9.88 Å². The van der Waals surface area contributed by atoms with Gasteiger partial charge in [-0.3, -0.25) is 4.90 Å². The van der Waals surface area contributed by atoms with Gasteiger partial charge in [-0.25, -0.2) is 4.98 Å². The van der Waals surface area contributed by atoms with Gasteiger partial charge in [0, 0.05) is 20.1 Å². The highest BCUT2D eigenvalue weighted by Crippen LogP contribution is 2.23. The topological polar surface area (TPSA) is 28.2 Å². The van der Waals surface area contributed by atoms with Crippen molar-refractivity contribution < 1.29 is 0 Å². The number of nitrogens with one attached hydrogen (secondary N) is 1. The van der Waals surface area contributed by atoms with Crippen LogP contribution < -0.4 is 5.32 Å². The lowest BCUT2D eigenvalue weighted by molar-refractivity contribution is 0.316. The molecule has 0 aliphatic heterocycles. The minimum atomic E-state index is 0.706. The highest BCUT2D eigenvalue weighted by Gasteiger charge is 2.08. The van der Waals surface area contributed by atoms with Crippen LogP contribution in [0.4, 0.5) is 5.82 Å². The van der Waals surface area contributed by atoms with Gasteiger partial charge in [0.15, 0.2) is 0 Å².